The number of rotatable bonds is 2. The zero-order valence-corrected chi connectivity index (χ0v) is 15.5. The first kappa shape index (κ1) is 16.3. The summed E-state index contributed by atoms with van der Waals surface area (Å²) < 4.78 is 2.28. The van der Waals surface area contributed by atoms with Crippen molar-refractivity contribution >= 4 is 17.7 Å². The molecule has 3 aliphatic rings. The standard InChI is InChI=1S/C19H23N5OS/c25-19(16-11-14-3-1-2-4-15(14)26-16)23-8-5-13(6-9-23)18-22-21-17-12-20-7-10-24(17)18/h1-4,13,16,20H,5-12H2. The third-order valence-corrected chi connectivity index (χ3v) is 7.05. The number of carbonyl (C=O) groups excluding carboxylic acids is 1. The van der Waals surface area contributed by atoms with Crippen molar-refractivity contribution in [2.75, 3.05) is 19.6 Å². The molecule has 7 heteroatoms. The molecule has 4 heterocycles. The molecule has 0 bridgehead atoms. The molecule has 136 valence electrons. The molecule has 3 aliphatic heterocycles. The van der Waals surface area contributed by atoms with E-state index < -0.39 is 0 Å². The Balaban J connectivity index is 1.22. The summed E-state index contributed by atoms with van der Waals surface area (Å²) in [6, 6.07) is 8.39. The number of amides is 1. The van der Waals surface area contributed by atoms with Gasteiger partial charge in [-0.05, 0) is 30.9 Å². The van der Waals surface area contributed by atoms with Gasteiger partial charge in [0, 0.05) is 37.0 Å². The zero-order valence-electron chi connectivity index (χ0n) is 14.7. The van der Waals surface area contributed by atoms with E-state index in [0.717, 1.165) is 63.6 Å². The molecule has 1 aromatic heterocycles. The second kappa shape index (κ2) is 6.70. The SMILES string of the molecule is O=C(C1Cc2ccccc2S1)N1CCC(c2nnc3n2CCNC3)CC1. The average Bonchev–Trinajstić information content (AvgIpc) is 3.32. The molecule has 2 aromatic rings. The van der Waals surface area contributed by atoms with Gasteiger partial charge in [0.15, 0.2) is 0 Å². The summed E-state index contributed by atoms with van der Waals surface area (Å²) in [5, 5.41) is 12.2. The van der Waals surface area contributed by atoms with Crippen LogP contribution in [0.25, 0.3) is 0 Å². The summed E-state index contributed by atoms with van der Waals surface area (Å²) in [6.07, 6.45) is 2.84. The summed E-state index contributed by atoms with van der Waals surface area (Å²) in [7, 11) is 0. The van der Waals surface area contributed by atoms with Crippen LogP contribution in [0, 0.1) is 0 Å². The smallest absolute Gasteiger partial charge is 0.236 e. The lowest BCUT2D eigenvalue weighted by Crippen LogP contribution is -2.43. The Morgan fingerprint density at radius 2 is 2.00 bits per heavy atom. The molecule has 1 N–H and O–H groups in total. The normalized spacial score (nSPS) is 22.9. The highest BCUT2D eigenvalue weighted by Crippen LogP contribution is 2.38. The number of benzene rings is 1. The van der Waals surface area contributed by atoms with Crippen LogP contribution in [0.5, 0.6) is 0 Å². The van der Waals surface area contributed by atoms with Gasteiger partial charge in [0.25, 0.3) is 0 Å². The van der Waals surface area contributed by atoms with Crippen molar-refractivity contribution in [2.45, 2.75) is 48.4 Å². The Labute approximate surface area is 157 Å². The van der Waals surface area contributed by atoms with Crippen molar-refractivity contribution < 1.29 is 4.79 Å². The van der Waals surface area contributed by atoms with Gasteiger partial charge in [-0.3, -0.25) is 4.79 Å². The molecule has 0 aliphatic carbocycles. The zero-order chi connectivity index (χ0) is 17.5. The molecule has 5 rings (SSSR count). The van der Waals surface area contributed by atoms with Gasteiger partial charge >= 0.3 is 0 Å². The van der Waals surface area contributed by atoms with E-state index in [1.807, 2.05) is 0 Å². The van der Waals surface area contributed by atoms with E-state index >= 15 is 0 Å². The van der Waals surface area contributed by atoms with Gasteiger partial charge in [0.05, 0.1) is 11.8 Å². The first-order valence-corrected chi connectivity index (χ1v) is 10.3. The van der Waals surface area contributed by atoms with Gasteiger partial charge in [0.1, 0.15) is 11.6 Å². The van der Waals surface area contributed by atoms with Crippen molar-refractivity contribution in [3.05, 3.63) is 41.5 Å². The lowest BCUT2D eigenvalue weighted by atomic mass is 9.95. The molecule has 0 saturated carbocycles. The van der Waals surface area contributed by atoms with E-state index in [1.54, 1.807) is 11.8 Å². The molecule has 1 aromatic carbocycles. The summed E-state index contributed by atoms with van der Waals surface area (Å²) >= 11 is 1.73. The van der Waals surface area contributed by atoms with Crippen molar-refractivity contribution in [3.8, 4) is 0 Å². The van der Waals surface area contributed by atoms with Crippen LogP contribution in [0.2, 0.25) is 0 Å². The van der Waals surface area contributed by atoms with E-state index in [9.17, 15) is 4.79 Å². The quantitative estimate of drug-likeness (QED) is 0.875. The van der Waals surface area contributed by atoms with Crippen LogP contribution in [0.3, 0.4) is 0 Å². The number of hydrogen-bond donors (Lipinski definition) is 1. The minimum absolute atomic E-state index is 0.0517. The molecule has 1 amide bonds. The number of nitrogens with one attached hydrogen (secondary N) is 1. The lowest BCUT2D eigenvalue weighted by molar-refractivity contribution is -0.131. The van der Waals surface area contributed by atoms with Crippen molar-refractivity contribution in [1.29, 1.82) is 0 Å². The van der Waals surface area contributed by atoms with Crippen molar-refractivity contribution in [1.82, 2.24) is 25.0 Å². The third-order valence-electron chi connectivity index (χ3n) is 5.75. The first-order valence-electron chi connectivity index (χ1n) is 9.45. The Hall–Kier alpha value is -1.86. The molecule has 6 nitrogen and oxygen atoms in total. The number of hydrogen-bond acceptors (Lipinski definition) is 5. The number of carbonyl (C=O) groups is 1. The maximum atomic E-state index is 13.0. The molecule has 1 saturated heterocycles. The van der Waals surface area contributed by atoms with Gasteiger partial charge in [-0.15, -0.1) is 22.0 Å². The van der Waals surface area contributed by atoms with E-state index in [0.29, 0.717) is 11.8 Å². The largest absolute Gasteiger partial charge is 0.342 e. The molecule has 1 atom stereocenters. The van der Waals surface area contributed by atoms with Gasteiger partial charge < -0.3 is 14.8 Å². The summed E-state index contributed by atoms with van der Waals surface area (Å²) in [5.41, 5.74) is 1.31. The molecule has 26 heavy (non-hydrogen) atoms. The van der Waals surface area contributed by atoms with Crippen LogP contribution in [0.15, 0.2) is 29.2 Å². The average molecular weight is 369 g/mol. The van der Waals surface area contributed by atoms with Gasteiger partial charge in [-0.2, -0.15) is 0 Å². The highest BCUT2D eigenvalue weighted by atomic mass is 32.2. The van der Waals surface area contributed by atoms with Crippen LogP contribution in [-0.2, 0) is 24.3 Å². The number of piperidine rings is 1. The Morgan fingerprint density at radius 1 is 1.15 bits per heavy atom. The molecular weight excluding hydrogens is 346 g/mol. The molecular formula is C19H23N5OS. The number of aromatic nitrogens is 3. The maximum absolute atomic E-state index is 13.0. The fourth-order valence-corrected chi connectivity index (χ4v) is 5.58. The predicted octanol–water partition coefficient (Wildman–Crippen LogP) is 1.80. The van der Waals surface area contributed by atoms with Crippen LogP contribution in [0.1, 0.15) is 36.0 Å². The van der Waals surface area contributed by atoms with Crippen molar-refractivity contribution in [3.63, 3.8) is 0 Å². The molecule has 1 unspecified atom stereocenters. The number of nitrogens with zero attached hydrogens (tertiary/aromatic N) is 4. The van der Waals surface area contributed by atoms with Gasteiger partial charge in [-0.25, -0.2) is 0 Å². The number of likely N-dealkylation sites (tertiary alicyclic amines) is 1. The lowest BCUT2D eigenvalue weighted by Gasteiger charge is -2.33. The highest BCUT2D eigenvalue weighted by Gasteiger charge is 2.34. The highest BCUT2D eigenvalue weighted by molar-refractivity contribution is 8.01. The van der Waals surface area contributed by atoms with Gasteiger partial charge in [0.2, 0.25) is 5.91 Å². The van der Waals surface area contributed by atoms with E-state index in [2.05, 4.69) is 49.2 Å². The first-order chi connectivity index (χ1) is 12.8. The topological polar surface area (TPSA) is 63.1 Å². The number of thioether (sulfide) groups is 1. The van der Waals surface area contributed by atoms with Crippen LogP contribution >= 0.6 is 11.8 Å². The van der Waals surface area contributed by atoms with Crippen molar-refractivity contribution in [2.24, 2.45) is 0 Å². The maximum Gasteiger partial charge on any atom is 0.236 e. The minimum Gasteiger partial charge on any atom is -0.342 e. The Morgan fingerprint density at radius 3 is 2.85 bits per heavy atom. The Kier molecular flexibility index (Phi) is 4.21. The summed E-state index contributed by atoms with van der Waals surface area (Å²) in [4.78, 5) is 16.3. The van der Waals surface area contributed by atoms with Crippen LogP contribution in [-0.4, -0.2) is 50.5 Å². The molecule has 0 spiro atoms. The van der Waals surface area contributed by atoms with E-state index in [1.165, 1.54) is 10.5 Å². The fourth-order valence-electron chi connectivity index (χ4n) is 4.30. The van der Waals surface area contributed by atoms with E-state index in [-0.39, 0.29) is 5.25 Å². The summed E-state index contributed by atoms with van der Waals surface area (Å²) in [6.45, 7) is 4.40. The molecule has 0 radical (unpaired) electrons. The second-order valence-corrected chi connectivity index (χ2v) is 8.57. The number of fused-ring (bicyclic) bond motifs is 2. The Bertz CT molecular complexity index is 802. The van der Waals surface area contributed by atoms with E-state index in [4.69, 9.17) is 0 Å². The summed E-state index contributed by atoms with van der Waals surface area (Å²) in [5.74, 6) is 2.89. The molecule has 1 fully saturated rings. The van der Waals surface area contributed by atoms with Gasteiger partial charge in [-0.1, -0.05) is 18.2 Å². The monoisotopic (exact) mass is 369 g/mol. The second-order valence-electron chi connectivity index (χ2n) is 7.32. The minimum atomic E-state index is 0.0517. The van der Waals surface area contributed by atoms with Crippen LogP contribution < -0.4 is 5.32 Å². The fraction of sp³-hybridized carbons (Fsp3) is 0.526. The third kappa shape index (κ3) is 2.83. The van der Waals surface area contributed by atoms with Crippen LogP contribution in [0.4, 0.5) is 0 Å². The predicted molar refractivity (Wildman–Crippen MR) is 100 cm³/mol.